The second-order valence-corrected chi connectivity index (χ2v) is 5.16. The zero-order valence-electron chi connectivity index (χ0n) is 10.5. The zero-order valence-corrected chi connectivity index (χ0v) is 12.1. The number of nitrogens with zero attached hydrogens (tertiary/aromatic N) is 1. The van der Waals surface area contributed by atoms with Gasteiger partial charge in [0.25, 0.3) is 5.56 Å². The number of carboxylic acid groups (broad SMARTS) is 1. The molecule has 0 amide bonds. The van der Waals surface area contributed by atoms with Gasteiger partial charge in [0, 0.05) is 16.2 Å². The summed E-state index contributed by atoms with van der Waals surface area (Å²) in [7, 11) is 0. The Labute approximate surface area is 118 Å². The van der Waals surface area contributed by atoms with Gasteiger partial charge in [-0.05, 0) is 37.6 Å². The lowest BCUT2D eigenvalue weighted by Crippen LogP contribution is -2.24. The standard InChI is InChI=1S/C14H12BrNO3/c1-8-6-12(17)16(9(2)13(8)14(18)19)11-5-3-4-10(15)7-11/h3-7H,1-2H3,(H,18,19). The zero-order chi connectivity index (χ0) is 14.2. The predicted molar refractivity (Wildman–Crippen MR) is 76.2 cm³/mol. The highest BCUT2D eigenvalue weighted by Crippen LogP contribution is 2.18. The molecule has 2 aromatic rings. The highest BCUT2D eigenvalue weighted by molar-refractivity contribution is 9.10. The second-order valence-electron chi connectivity index (χ2n) is 4.25. The molecule has 19 heavy (non-hydrogen) atoms. The van der Waals surface area contributed by atoms with Crippen molar-refractivity contribution in [2.45, 2.75) is 13.8 Å². The molecule has 4 nitrogen and oxygen atoms in total. The van der Waals surface area contributed by atoms with E-state index in [0.29, 0.717) is 16.9 Å². The summed E-state index contributed by atoms with van der Waals surface area (Å²) in [6.07, 6.45) is 0. The third-order valence-corrected chi connectivity index (χ3v) is 3.43. The molecule has 1 N–H and O–H groups in total. The second kappa shape index (κ2) is 5.01. The molecule has 98 valence electrons. The Kier molecular flexibility index (Phi) is 3.57. The van der Waals surface area contributed by atoms with Crippen LogP contribution in [0.3, 0.4) is 0 Å². The fourth-order valence-corrected chi connectivity index (χ4v) is 2.53. The van der Waals surface area contributed by atoms with E-state index in [9.17, 15) is 14.7 Å². The van der Waals surface area contributed by atoms with Crippen LogP contribution in [-0.2, 0) is 0 Å². The van der Waals surface area contributed by atoms with Gasteiger partial charge in [-0.1, -0.05) is 22.0 Å². The average Bonchev–Trinajstić information content (AvgIpc) is 2.27. The van der Waals surface area contributed by atoms with E-state index in [1.54, 1.807) is 32.0 Å². The SMILES string of the molecule is Cc1cc(=O)n(-c2cccc(Br)c2)c(C)c1C(=O)O. The van der Waals surface area contributed by atoms with Gasteiger partial charge in [0.1, 0.15) is 0 Å². The summed E-state index contributed by atoms with van der Waals surface area (Å²) in [6.45, 7) is 3.27. The van der Waals surface area contributed by atoms with Crippen molar-refractivity contribution in [3.05, 3.63) is 62.0 Å². The molecule has 0 unspecified atom stereocenters. The van der Waals surface area contributed by atoms with Crippen LogP contribution in [0.25, 0.3) is 5.69 Å². The van der Waals surface area contributed by atoms with Crippen LogP contribution in [0.15, 0.2) is 39.6 Å². The van der Waals surface area contributed by atoms with E-state index in [1.807, 2.05) is 6.07 Å². The van der Waals surface area contributed by atoms with E-state index in [4.69, 9.17) is 0 Å². The van der Waals surface area contributed by atoms with Gasteiger partial charge < -0.3 is 5.11 Å². The van der Waals surface area contributed by atoms with Crippen molar-refractivity contribution in [1.82, 2.24) is 4.57 Å². The van der Waals surface area contributed by atoms with Crippen molar-refractivity contribution in [3.63, 3.8) is 0 Å². The minimum atomic E-state index is -1.03. The van der Waals surface area contributed by atoms with Gasteiger partial charge in [0.15, 0.2) is 0 Å². The van der Waals surface area contributed by atoms with Crippen molar-refractivity contribution in [2.24, 2.45) is 0 Å². The normalized spacial score (nSPS) is 10.5. The minimum absolute atomic E-state index is 0.166. The summed E-state index contributed by atoms with van der Waals surface area (Å²) >= 11 is 3.34. The van der Waals surface area contributed by atoms with Crippen molar-refractivity contribution >= 4 is 21.9 Å². The number of benzene rings is 1. The maximum atomic E-state index is 12.1. The first-order chi connectivity index (χ1) is 8.91. The minimum Gasteiger partial charge on any atom is -0.478 e. The van der Waals surface area contributed by atoms with E-state index >= 15 is 0 Å². The third kappa shape index (κ3) is 2.46. The first-order valence-corrected chi connectivity index (χ1v) is 6.43. The van der Waals surface area contributed by atoms with Crippen LogP contribution in [0.4, 0.5) is 0 Å². The summed E-state index contributed by atoms with van der Waals surface area (Å²) in [5.74, 6) is -1.03. The average molecular weight is 322 g/mol. The molecule has 1 heterocycles. The molecule has 0 aliphatic rings. The van der Waals surface area contributed by atoms with Gasteiger partial charge >= 0.3 is 5.97 Å². The molecule has 0 saturated carbocycles. The van der Waals surface area contributed by atoms with Crippen LogP contribution in [-0.4, -0.2) is 15.6 Å². The largest absolute Gasteiger partial charge is 0.478 e. The summed E-state index contributed by atoms with van der Waals surface area (Å²) in [4.78, 5) is 23.4. The highest BCUT2D eigenvalue weighted by Gasteiger charge is 2.16. The molecule has 0 aliphatic heterocycles. The maximum Gasteiger partial charge on any atom is 0.337 e. The van der Waals surface area contributed by atoms with Crippen molar-refractivity contribution in [2.75, 3.05) is 0 Å². The molecule has 0 radical (unpaired) electrons. The van der Waals surface area contributed by atoms with Crippen LogP contribution in [0.2, 0.25) is 0 Å². The van der Waals surface area contributed by atoms with Crippen LogP contribution in [0, 0.1) is 13.8 Å². The smallest absolute Gasteiger partial charge is 0.337 e. The Morgan fingerprint density at radius 1 is 1.26 bits per heavy atom. The molecular weight excluding hydrogens is 310 g/mol. The Bertz CT molecular complexity index is 719. The molecule has 2 rings (SSSR count). The third-order valence-electron chi connectivity index (χ3n) is 2.93. The highest BCUT2D eigenvalue weighted by atomic mass is 79.9. The van der Waals surface area contributed by atoms with Gasteiger partial charge in [0.2, 0.25) is 0 Å². The van der Waals surface area contributed by atoms with E-state index < -0.39 is 5.97 Å². The van der Waals surface area contributed by atoms with E-state index in [2.05, 4.69) is 15.9 Å². The van der Waals surface area contributed by atoms with Crippen LogP contribution in [0.1, 0.15) is 21.6 Å². The number of pyridine rings is 1. The number of hydrogen-bond donors (Lipinski definition) is 1. The maximum absolute atomic E-state index is 12.1. The fourth-order valence-electron chi connectivity index (χ4n) is 2.14. The Hall–Kier alpha value is -1.88. The summed E-state index contributed by atoms with van der Waals surface area (Å²) < 4.78 is 2.23. The fraction of sp³-hybridized carbons (Fsp3) is 0.143. The molecular formula is C14H12BrNO3. The Morgan fingerprint density at radius 2 is 1.95 bits per heavy atom. The monoisotopic (exact) mass is 321 g/mol. The quantitative estimate of drug-likeness (QED) is 0.925. The molecule has 1 aromatic carbocycles. The lowest BCUT2D eigenvalue weighted by molar-refractivity contribution is 0.0694. The van der Waals surface area contributed by atoms with Crippen molar-refractivity contribution in [3.8, 4) is 5.69 Å². The predicted octanol–water partition coefficient (Wildman–Crippen LogP) is 2.92. The number of halogens is 1. The van der Waals surface area contributed by atoms with E-state index in [-0.39, 0.29) is 11.1 Å². The summed E-state index contributed by atoms with van der Waals surface area (Å²) in [5, 5.41) is 9.24. The Balaban J connectivity index is 2.81. The van der Waals surface area contributed by atoms with Gasteiger partial charge in [0.05, 0.1) is 11.3 Å². The van der Waals surface area contributed by atoms with Gasteiger partial charge in [-0.3, -0.25) is 9.36 Å². The van der Waals surface area contributed by atoms with Gasteiger partial charge in [-0.25, -0.2) is 4.79 Å². The van der Waals surface area contributed by atoms with E-state index in [0.717, 1.165) is 4.47 Å². The summed E-state index contributed by atoms with van der Waals surface area (Å²) in [6, 6.07) is 8.52. The van der Waals surface area contributed by atoms with Gasteiger partial charge in [-0.2, -0.15) is 0 Å². The number of aromatic nitrogens is 1. The molecule has 0 fully saturated rings. The molecule has 0 saturated heterocycles. The molecule has 0 spiro atoms. The number of hydrogen-bond acceptors (Lipinski definition) is 2. The number of rotatable bonds is 2. The lowest BCUT2D eigenvalue weighted by atomic mass is 10.1. The first-order valence-electron chi connectivity index (χ1n) is 5.64. The van der Waals surface area contributed by atoms with Crippen LogP contribution in [0.5, 0.6) is 0 Å². The van der Waals surface area contributed by atoms with Crippen molar-refractivity contribution in [1.29, 1.82) is 0 Å². The lowest BCUT2D eigenvalue weighted by Gasteiger charge is -2.14. The molecule has 1 aromatic heterocycles. The number of carbonyl (C=O) groups is 1. The molecule has 0 bridgehead atoms. The van der Waals surface area contributed by atoms with E-state index in [1.165, 1.54) is 10.6 Å². The van der Waals surface area contributed by atoms with Crippen LogP contribution < -0.4 is 5.56 Å². The molecule has 5 heteroatoms. The van der Waals surface area contributed by atoms with Crippen LogP contribution >= 0.6 is 15.9 Å². The van der Waals surface area contributed by atoms with Gasteiger partial charge in [-0.15, -0.1) is 0 Å². The number of aryl methyl sites for hydroxylation is 1. The summed E-state index contributed by atoms with van der Waals surface area (Å²) in [5.41, 5.74) is 1.47. The Morgan fingerprint density at radius 3 is 2.53 bits per heavy atom. The number of carboxylic acids is 1. The molecule has 0 aliphatic carbocycles. The topological polar surface area (TPSA) is 59.3 Å². The number of aromatic carboxylic acids is 1. The first kappa shape index (κ1) is 13.5. The van der Waals surface area contributed by atoms with Crippen molar-refractivity contribution < 1.29 is 9.90 Å². The molecule has 0 atom stereocenters.